The third-order valence-electron chi connectivity index (χ3n) is 7.00. The molecule has 2 heterocycles. The Morgan fingerprint density at radius 3 is 2.32 bits per heavy atom. The summed E-state index contributed by atoms with van der Waals surface area (Å²) in [5.74, 6) is 0.591. The van der Waals surface area contributed by atoms with Gasteiger partial charge in [-0.05, 0) is 62.8 Å². The molecule has 192 valence electrons. The van der Waals surface area contributed by atoms with Gasteiger partial charge in [0, 0.05) is 48.6 Å². The Hall–Kier alpha value is -0.830. The van der Waals surface area contributed by atoms with E-state index in [9.17, 15) is 8.42 Å². The molecule has 0 N–H and O–H groups in total. The molecule has 34 heavy (non-hydrogen) atoms. The second kappa shape index (κ2) is 12.4. The Kier molecular flexibility index (Phi) is 10.7. The fourth-order valence-corrected chi connectivity index (χ4v) is 6.23. The number of hydrogen-bond acceptors (Lipinski definition) is 5. The maximum absolute atomic E-state index is 11.9. The van der Waals surface area contributed by atoms with E-state index < -0.39 is 9.84 Å². The number of rotatable bonds is 6. The van der Waals surface area contributed by atoms with Crippen LogP contribution in [0.4, 0.5) is 0 Å². The summed E-state index contributed by atoms with van der Waals surface area (Å²) in [6.07, 6.45) is 6.34. The van der Waals surface area contributed by atoms with Crippen molar-refractivity contribution in [1.82, 2.24) is 14.7 Å². The lowest BCUT2D eigenvalue weighted by Crippen LogP contribution is -2.56. The van der Waals surface area contributed by atoms with E-state index in [-0.39, 0.29) is 42.7 Å². The van der Waals surface area contributed by atoms with Gasteiger partial charge in [0.05, 0.1) is 24.2 Å². The van der Waals surface area contributed by atoms with E-state index in [1.807, 2.05) is 23.9 Å². The molecule has 2 aliphatic rings. The van der Waals surface area contributed by atoms with Gasteiger partial charge in [-0.2, -0.15) is 5.10 Å². The van der Waals surface area contributed by atoms with Gasteiger partial charge in [0.1, 0.15) is 9.84 Å². The fourth-order valence-electron chi connectivity index (χ4n) is 5.23. The van der Waals surface area contributed by atoms with Gasteiger partial charge < -0.3 is 4.74 Å². The van der Waals surface area contributed by atoms with Crippen molar-refractivity contribution < 1.29 is 13.2 Å². The SMILES string of the molecule is Cc1cc(C2CCC(N3CC(CS(C)(=O)=O)OCC3Cc3ccc(Cl)cc3)CC2)nn1C.Cl.Cl. The lowest BCUT2D eigenvalue weighted by atomic mass is 9.82. The van der Waals surface area contributed by atoms with E-state index in [1.165, 1.54) is 23.2 Å². The maximum Gasteiger partial charge on any atom is 0.150 e. The van der Waals surface area contributed by atoms with Crippen LogP contribution in [0.25, 0.3) is 0 Å². The summed E-state index contributed by atoms with van der Waals surface area (Å²) >= 11 is 6.06. The van der Waals surface area contributed by atoms with E-state index >= 15 is 0 Å². The summed E-state index contributed by atoms with van der Waals surface area (Å²) in [6, 6.07) is 10.9. The molecule has 0 radical (unpaired) electrons. The Balaban J connectivity index is 0.00000204. The largest absolute Gasteiger partial charge is 0.374 e. The van der Waals surface area contributed by atoms with Crippen molar-refractivity contribution in [3.05, 3.63) is 52.3 Å². The van der Waals surface area contributed by atoms with Crippen molar-refractivity contribution in [3.8, 4) is 0 Å². The van der Waals surface area contributed by atoms with Crippen molar-refractivity contribution >= 4 is 46.3 Å². The van der Waals surface area contributed by atoms with Gasteiger partial charge in [-0.3, -0.25) is 9.58 Å². The molecule has 2 aromatic rings. The van der Waals surface area contributed by atoms with Gasteiger partial charge in [-0.25, -0.2) is 8.42 Å². The Labute approximate surface area is 221 Å². The highest BCUT2D eigenvalue weighted by Crippen LogP contribution is 2.36. The fraction of sp³-hybridized carbons (Fsp3) is 0.625. The quantitative estimate of drug-likeness (QED) is 0.524. The number of hydrogen-bond donors (Lipinski definition) is 0. The van der Waals surface area contributed by atoms with Crippen molar-refractivity contribution in [3.63, 3.8) is 0 Å². The third kappa shape index (κ3) is 7.58. The molecule has 0 bridgehead atoms. The topological polar surface area (TPSA) is 64.4 Å². The zero-order valence-electron chi connectivity index (χ0n) is 20.0. The summed E-state index contributed by atoms with van der Waals surface area (Å²) in [7, 11) is -1.08. The van der Waals surface area contributed by atoms with Crippen LogP contribution >= 0.6 is 36.4 Å². The van der Waals surface area contributed by atoms with Crippen molar-refractivity contribution in [2.24, 2.45) is 7.05 Å². The number of nitrogens with zero attached hydrogens (tertiary/aromatic N) is 3. The number of aryl methyl sites for hydroxylation is 2. The van der Waals surface area contributed by atoms with E-state index in [4.69, 9.17) is 21.4 Å². The third-order valence-corrected chi connectivity index (χ3v) is 8.23. The molecular weight excluding hydrogens is 517 g/mol. The summed E-state index contributed by atoms with van der Waals surface area (Å²) in [6.45, 7) is 3.32. The van der Waals surface area contributed by atoms with Crippen LogP contribution in [0.15, 0.2) is 30.3 Å². The molecule has 0 spiro atoms. The number of aromatic nitrogens is 2. The second-order valence-corrected chi connectivity index (χ2v) is 12.2. The Bertz CT molecular complexity index is 1000. The molecule has 2 unspecified atom stereocenters. The van der Waals surface area contributed by atoms with Crippen LogP contribution in [0.3, 0.4) is 0 Å². The van der Waals surface area contributed by atoms with Crippen LogP contribution in [0.5, 0.6) is 0 Å². The molecule has 1 aromatic carbocycles. The average Bonchev–Trinajstić information content (AvgIpc) is 3.08. The second-order valence-electron chi connectivity index (χ2n) is 9.57. The van der Waals surface area contributed by atoms with Crippen LogP contribution < -0.4 is 0 Å². The maximum atomic E-state index is 11.9. The van der Waals surface area contributed by atoms with Gasteiger partial charge in [0.25, 0.3) is 0 Å². The molecular formula is C24H36Cl3N3O3S. The molecule has 0 amide bonds. The van der Waals surface area contributed by atoms with Gasteiger partial charge in [0.2, 0.25) is 0 Å². The number of halogens is 3. The molecule has 1 saturated carbocycles. The minimum atomic E-state index is -3.08. The highest BCUT2D eigenvalue weighted by atomic mass is 35.5. The highest BCUT2D eigenvalue weighted by molar-refractivity contribution is 7.90. The van der Waals surface area contributed by atoms with Crippen molar-refractivity contribution in [2.75, 3.05) is 25.2 Å². The Morgan fingerprint density at radius 1 is 1.12 bits per heavy atom. The highest BCUT2D eigenvalue weighted by Gasteiger charge is 2.37. The molecule has 1 aromatic heterocycles. The summed E-state index contributed by atoms with van der Waals surface area (Å²) < 4.78 is 31.8. The van der Waals surface area contributed by atoms with Gasteiger partial charge in [-0.15, -0.1) is 24.8 Å². The van der Waals surface area contributed by atoms with Crippen LogP contribution in [-0.2, 0) is 28.0 Å². The molecule has 4 rings (SSSR count). The lowest BCUT2D eigenvalue weighted by molar-refractivity contribution is -0.0755. The number of morpholine rings is 1. The number of sulfone groups is 1. The standard InChI is InChI=1S/C24H34ClN3O3S.2ClH/c1-17-12-24(26-27(17)2)19-6-10-21(11-7-19)28-14-23(16-32(3,29)30)31-15-22(28)13-18-4-8-20(25)9-5-18;;/h4-5,8-9,12,19,21-23H,6-7,10-11,13-16H2,1-3H3;2*1H. The minimum absolute atomic E-state index is 0. The van der Waals surface area contributed by atoms with Crippen molar-refractivity contribution in [2.45, 2.75) is 63.1 Å². The van der Waals surface area contributed by atoms with E-state index in [2.05, 4.69) is 30.0 Å². The van der Waals surface area contributed by atoms with Crippen LogP contribution in [0.2, 0.25) is 5.02 Å². The summed E-state index contributed by atoms with van der Waals surface area (Å²) in [4.78, 5) is 2.54. The predicted octanol–water partition coefficient (Wildman–Crippen LogP) is 4.61. The molecule has 2 atom stereocenters. The smallest absolute Gasteiger partial charge is 0.150 e. The van der Waals surface area contributed by atoms with Crippen LogP contribution in [-0.4, -0.2) is 66.4 Å². The first-order chi connectivity index (χ1) is 15.2. The molecule has 1 aliphatic heterocycles. The molecule has 2 fully saturated rings. The number of benzene rings is 1. The van der Waals surface area contributed by atoms with E-state index in [0.29, 0.717) is 25.1 Å². The van der Waals surface area contributed by atoms with Crippen LogP contribution in [0, 0.1) is 6.92 Å². The molecule has 10 heteroatoms. The zero-order valence-corrected chi connectivity index (χ0v) is 23.2. The normalized spacial score (nSPS) is 25.9. The first kappa shape index (κ1) is 29.4. The Morgan fingerprint density at radius 2 is 1.76 bits per heavy atom. The van der Waals surface area contributed by atoms with E-state index in [1.54, 1.807) is 0 Å². The minimum Gasteiger partial charge on any atom is -0.374 e. The van der Waals surface area contributed by atoms with Gasteiger partial charge >= 0.3 is 0 Å². The first-order valence-electron chi connectivity index (χ1n) is 11.5. The first-order valence-corrected chi connectivity index (χ1v) is 13.9. The summed E-state index contributed by atoms with van der Waals surface area (Å²) in [5, 5.41) is 5.45. The molecule has 1 aliphatic carbocycles. The number of ether oxygens (including phenoxy) is 1. The lowest BCUT2D eigenvalue weighted by Gasteiger charge is -2.46. The van der Waals surface area contributed by atoms with Gasteiger partial charge in [-0.1, -0.05) is 23.7 Å². The zero-order chi connectivity index (χ0) is 22.9. The van der Waals surface area contributed by atoms with Crippen molar-refractivity contribution in [1.29, 1.82) is 0 Å². The van der Waals surface area contributed by atoms with Gasteiger partial charge in [0.15, 0.2) is 0 Å². The molecule has 6 nitrogen and oxygen atoms in total. The average molecular weight is 553 g/mol. The van der Waals surface area contributed by atoms with E-state index in [0.717, 1.165) is 37.1 Å². The molecule has 1 saturated heterocycles. The predicted molar refractivity (Wildman–Crippen MR) is 143 cm³/mol. The van der Waals surface area contributed by atoms with Crippen LogP contribution in [0.1, 0.15) is 48.6 Å². The summed E-state index contributed by atoms with van der Waals surface area (Å²) in [5.41, 5.74) is 3.63. The monoisotopic (exact) mass is 551 g/mol.